The van der Waals surface area contributed by atoms with Gasteiger partial charge in [-0.15, -0.1) is 0 Å². The first-order chi connectivity index (χ1) is 10.8. The second-order valence-corrected chi connectivity index (χ2v) is 4.73. The Morgan fingerprint density at radius 3 is 2.73 bits per heavy atom. The van der Waals surface area contributed by atoms with Gasteiger partial charge in [0.25, 0.3) is 0 Å². The van der Waals surface area contributed by atoms with E-state index in [1.54, 1.807) is 41.7 Å². The third kappa shape index (κ3) is 3.35. The van der Waals surface area contributed by atoms with Crippen molar-refractivity contribution >= 4 is 5.91 Å². The zero-order valence-corrected chi connectivity index (χ0v) is 11.9. The molecule has 0 atom stereocenters. The van der Waals surface area contributed by atoms with E-state index in [1.165, 1.54) is 0 Å². The van der Waals surface area contributed by atoms with Gasteiger partial charge in [-0.2, -0.15) is 5.10 Å². The Hall–Kier alpha value is -3.02. The molecule has 0 saturated heterocycles. The first-order valence-electron chi connectivity index (χ1n) is 6.91. The number of hydrogen-bond donors (Lipinski definition) is 1. The Morgan fingerprint density at radius 1 is 1.09 bits per heavy atom. The highest BCUT2D eigenvalue weighted by Crippen LogP contribution is 2.19. The summed E-state index contributed by atoms with van der Waals surface area (Å²) in [5.41, 5.74) is 2.79. The number of amides is 1. The SMILES string of the molecule is O=C(Cn1cccn1)NCc1cccnc1-c1ccncc1. The summed E-state index contributed by atoms with van der Waals surface area (Å²) >= 11 is 0. The summed E-state index contributed by atoms with van der Waals surface area (Å²) in [7, 11) is 0. The zero-order valence-electron chi connectivity index (χ0n) is 11.9. The van der Waals surface area contributed by atoms with Crippen LogP contribution in [0.1, 0.15) is 5.56 Å². The van der Waals surface area contributed by atoms with Gasteiger partial charge >= 0.3 is 0 Å². The molecule has 3 heterocycles. The van der Waals surface area contributed by atoms with Crippen LogP contribution in [-0.2, 0) is 17.9 Å². The molecule has 0 aliphatic rings. The minimum absolute atomic E-state index is 0.0896. The molecule has 3 rings (SSSR count). The standard InChI is InChI=1S/C16H15N5O/c22-15(12-21-10-2-7-20-21)19-11-14-3-1-6-18-16(14)13-4-8-17-9-5-13/h1-10H,11-12H2,(H,19,22). The quantitative estimate of drug-likeness (QED) is 0.776. The molecule has 0 aliphatic heterocycles. The lowest BCUT2D eigenvalue weighted by Gasteiger charge is -2.10. The molecule has 6 nitrogen and oxygen atoms in total. The molecule has 0 aliphatic carbocycles. The number of aromatic nitrogens is 4. The van der Waals surface area contributed by atoms with Crippen molar-refractivity contribution in [1.82, 2.24) is 25.1 Å². The third-order valence-corrected chi connectivity index (χ3v) is 3.19. The van der Waals surface area contributed by atoms with E-state index in [9.17, 15) is 4.79 Å². The monoisotopic (exact) mass is 293 g/mol. The van der Waals surface area contributed by atoms with E-state index in [4.69, 9.17) is 0 Å². The lowest BCUT2D eigenvalue weighted by molar-refractivity contribution is -0.122. The average Bonchev–Trinajstić information content (AvgIpc) is 3.07. The van der Waals surface area contributed by atoms with Crippen molar-refractivity contribution in [3.8, 4) is 11.3 Å². The van der Waals surface area contributed by atoms with Gasteiger partial charge in [0.05, 0.1) is 5.69 Å². The first kappa shape index (κ1) is 13.9. The molecule has 3 aromatic rings. The van der Waals surface area contributed by atoms with Crippen LogP contribution in [0.4, 0.5) is 0 Å². The van der Waals surface area contributed by atoms with Crippen LogP contribution in [-0.4, -0.2) is 25.7 Å². The van der Waals surface area contributed by atoms with Crippen molar-refractivity contribution in [3.05, 3.63) is 66.9 Å². The van der Waals surface area contributed by atoms with E-state index in [0.717, 1.165) is 16.8 Å². The molecule has 6 heteroatoms. The van der Waals surface area contributed by atoms with Crippen LogP contribution in [0.5, 0.6) is 0 Å². The van der Waals surface area contributed by atoms with Gasteiger partial charge in [0, 0.05) is 43.1 Å². The normalized spacial score (nSPS) is 10.4. The highest BCUT2D eigenvalue weighted by Gasteiger charge is 2.08. The summed E-state index contributed by atoms with van der Waals surface area (Å²) in [6.45, 7) is 0.628. The molecule has 3 aromatic heterocycles. The molecule has 0 spiro atoms. The van der Waals surface area contributed by atoms with Crippen molar-refractivity contribution in [2.24, 2.45) is 0 Å². The molecule has 0 fully saturated rings. The number of hydrogen-bond acceptors (Lipinski definition) is 4. The molecule has 0 radical (unpaired) electrons. The Balaban J connectivity index is 1.69. The molecular weight excluding hydrogens is 278 g/mol. The smallest absolute Gasteiger partial charge is 0.241 e. The molecule has 0 unspecified atom stereocenters. The maximum atomic E-state index is 11.9. The zero-order chi connectivity index (χ0) is 15.2. The van der Waals surface area contributed by atoms with Gasteiger partial charge in [-0.3, -0.25) is 19.4 Å². The predicted molar refractivity (Wildman–Crippen MR) is 81.5 cm³/mol. The molecule has 22 heavy (non-hydrogen) atoms. The first-order valence-corrected chi connectivity index (χ1v) is 6.91. The van der Waals surface area contributed by atoms with E-state index in [1.807, 2.05) is 24.3 Å². The molecular formula is C16H15N5O. The lowest BCUT2D eigenvalue weighted by atomic mass is 10.1. The Kier molecular flexibility index (Phi) is 4.20. The summed E-state index contributed by atoms with van der Waals surface area (Å²) in [5, 5.41) is 6.90. The average molecular weight is 293 g/mol. The van der Waals surface area contributed by atoms with E-state index >= 15 is 0 Å². The fraction of sp³-hybridized carbons (Fsp3) is 0.125. The number of nitrogens with one attached hydrogen (secondary N) is 1. The van der Waals surface area contributed by atoms with Crippen molar-refractivity contribution in [2.75, 3.05) is 0 Å². The van der Waals surface area contributed by atoms with E-state index in [-0.39, 0.29) is 12.5 Å². The number of carbonyl (C=O) groups is 1. The minimum atomic E-state index is -0.0896. The van der Waals surface area contributed by atoms with Crippen LogP contribution in [0.2, 0.25) is 0 Å². The fourth-order valence-corrected chi connectivity index (χ4v) is 2.14. The van der Waals surface area contributed by atoms with Crippen molar-refractivity contribution in [2.45, 2.75) is 13.1 Å². The van der Waals surface area contributed by atoms with Crippen molar-refractivity contribution in [1.29, 1.82) is 0 Å². The van der Waals surface area contributed by atoms with Gasteiger partial charge in [-0.1, -0.05) is 6.07 Å². The second kappa shape index (κ2) is 6.62. The highest BCUT2D eigenvalue weighted by atomic mass is 16.2. The topological polar surface area (TPSA) is 72.7 Å². The Bertz CT molecular complexity index is 740. The van der Waals surface area contributed by atoms with Crippen LogP contribution < -0.4 is 5.32 Å². The molecule has 110 valence electrons. The number of rotatable bonds is 5. The Morgan fingerprint density at radius 2 is 1.95 bits per heavy atom. The van der Waals surface area contributed by atoms with Gasteiger partial charge in [0.1, 0.15) is 6.54 Å². The van der Waals surface area contributed by atoms with Crippen molar-refractivity contribution in [3.63, 3.8) is 0 Å². The molecule has 0 bridgehead atoms. The van der Waals surface area contributed by atoms with E-state index < -0.39 is 0 Å². The molecule has 1 amide bonds. The number of carbonyl (C=O) groups excluding carboxylic acids is 1. The number of pyridine rings is 2. The minimum Gasteiger partial charge on any atom is -0.350 e. The van der Waals surface area contributed by atoms with Gasteiger partial charge in [0.15, 0.2) is 0 Å². The lowest BCUT2D eigenvalue weighted by Crippen LogP contribution is -2.27. The van der Waals surface area contributed by atoms with E-state index in [2.05, 4.69) is 20.4 Å². The summed E-state index contributed by atoms with van der Waals surface area (Å²) < 4.78 is 1.59. The summed E-state index contributed by atoms with van der Waals surface area (Å²) in [5.74, 6) is -0.0896. The van der Waals surface area contributed by atoms with Gasteiger partial charge in [0.2, 0.25) is 5.91 Å². The summed E-state index contributed by atoms with van der Waals surface area (Å²) in [6.07, 6.45) is 8.60. The van der Waals surface area contributed by atoms with Crippen LogP contribution in [0.3, 0.4) is 0 Å². The molecule has 1 N–H and O–H groups in total. The third-order valence-electron chi connectivity index (χ3n) is 3.19. The maximum absolute atomic E-state index is 11.9. The summed E-state index contributed by atoms with van der Waals surface area (Å²) in [4.78, 5) is 20.3. The van der Waals surface area contributed by atoms with Crippen LogP contribution >= 0.6 is 0 Å². The molecule has 0 aromatic carbocycles. The number of nitrogens with zero attached hydrogens (tertiary/aromatic N) is 4. The summed E-state index contributed by atoms with van der Waals surface area (Å²) in [6, 6.07) is 9.40. The van der Waals surface area contributed by atoms with Gasteiger partial charge in [-0.25, -0.2) is 0 Å². The second-order valence-electron chi connectivity index (χ2n) is 4.73. The largest absolute Gasteiger partial charge is 0.350 e. The van der Waals surface area contributed by atoms with Crippen LogP contribution in [0.15, 0.2) is 61.3 Å². The molecule has 0 saturated carbocycles. The van der Waals surface area contributed by atoms with E-state index in [0.29, 0.717) is 6.54 Å². The predicted octanol–water partition coefficient (Wildman–Crippen LogP) is 1.66. The fourth-order valence-electron chi connectivity index (χ4n) is 2.14. The van der Waals surface area contributed by atoms with Crippen molar-refractivity contribution < 1.29 is 4.79 Å². The highest BCUT2D eigenvalue weighted by molar-refractivity contribution is 5.76. The Labute approximate surface area is 127 Å². The van der Waals surface area contributed by atoms with Gasteiger partial charge in [-0.05, 0) is 29.8 Å². The van der Waals surface area contributed by atoms with Crippen LogP contribution in [0, 0.1) is 0 Å². The van der Waals surface area contributed by atoms with Gasteiger partial charge < -0.3 is 5.32 Å². The maximum Gasteiger partial charge on any atom is 0.241 e. The van der Waals surface area contributed by atoms with Crippen LogP contribution in [0.25, 0.3) is 11.3 Å².